The lowest BCUT2D eigenvalue weighted by Crippen LogP contribution is -2.29. The van der Waals surface area contributed by atoms with Gasteiger partial charge in [-0.3, -0.25) is 10.2 Å². The van der Waals surface area contributed by atoms with Crippen LogP contribution in [0.25, 0.3) is 0 Å². The first-order chi connectivity index (χ1) is 7.79. The van der Waals surface area contributed by atoms with Crippen LogP contribution in [0.1, 0.15) is 21.9 Å². The van der Waals surface area contributed by atoms with Crippen molar-refractivity contribution in [1.29, 1.82) is 0 Å². The predicted molar refractivity (Wildman–Crippen MR) is 57.8 cm³/mol. The molecule has 1 aliphatic heterocycles. The Morgan fingerprint density at radius 2 is 2.69 bits per heavy atom. The third-order valence-electron chi connectivity index (χ3n) is 2.23. The third-order valence-corrected chi connectivity index (χ3v) is 3.12. The second kappa shape index (κ2) is 5.35. The van der Waals surface area contributed by atoms with Crippen LogP contribution < -0.4 is 11.3 Å². The van der Waals surface area contributed by atoms with Crippen LogP contribution >= 0.6 is 11.3 Å². The van der Waals surface area contributed by atoms with Crippen molar-refractivity contribution in [3.05, 3.63) is 16.1 Å². The van der Waals surface area contributed by atoms with Crippen molar-refractivity contribution in [3.63, 3.8) is 0 Å². The molecular weight excluding hydrogens is 230 g/mol. The Hall–Kier alpha value is -1.02. The monoisotopic (exact) mass is 243 g/mol. The molecule has 1 saturated heterocycles. The van der Waals surface area contributed by atoms with Crippen molar-refractivity contribution in [2.24, 2.45) is 5.84 Å². The Bertz CT molecular complexity index is 363. The van der Waals surface area contributed by atoms with Gasteiger partial charge < -0.3 is 9.47 Å². The molecule has 6 nitrogen and oxygen atoms in total. The average molecular weight is 243 g/mol. The topological polar surface area (TPSA) is 86.5 Å². The molecule has 3 N–H and O–H groups in total. The largest absolute Gasteiger partial charge is 0.379 e. The van der Waals surface area contributed by atoms with Crippen molar-refractivity contribution in [3.8, 4) is 0 Å². The highest BCUT2D eigenvalue weighted by molar-refractivity contribution is 7.11. The molecule has 1 aromatic rings. The maximum absolute atomic E-state index is 11.1. The van der Waals surface area contributed by atoms with Gasteiger partial charge in [-0.1, -0.05) is 0 Å². The van der Waals surface area contributed by atoms with Gasteiger partial charge in [-0.05, 0) is 6.42 Å². The highest BCUT2D eigenvalue weighted by Gasteiger charge is 2.17. The lowest BCUT2D eigenvalue weighted by molar-refractivity contribution is 0.0303. The normalized spacial score (nSPS) is 19.9. The van der Waals surface area contributed by atoms with Gasteiger partial charge in [0.2, 0.25) is 0 Å². The molecule has 1 amide bonds. The third kappa shape index (κ3) is 2.76. The van der Waals surface area contributed by atoms with Gasteiger partial charge in [0.05, 0.1) is 25.0 Å². The van der Waals surface area contributed by atoms with Crippen molar-refractivity contribution in [1.82, 2.24) is 10.4 Å². The fourth-order valence-electron chi connectivity index (χ4n) is 1.39. The van der Waals surface area contributed by atoms with Gasteiger partial charge in [0.15, 0.2) is 5.01 Å². The van der Waals surface area contributed by atoms with Gasteiger partial charge in [-0.15, -0.1) is 11.3 Å². The van der Waals surface area contributed by atoms with Crippen LogP contribution in [0.3, 0.4) is 0 Å². The van der Waals surface area contributed by atoms with Crippen LogP contribution in [0.2, 0.25) is 0 Å². The fourth-order valence-corrected chi connectivity index (χ4v) is 2.09. The summed E-state index contributed by atoms with van der Waals surface area (Å²) in [4.78, 5) is 15.2. The molecule has 2 heterocycles. The van der Waals surface area contributed by atoms with E-state index in [1.54, 1.807) is 5.38 Å². The van der Waals surface area contributed by atoms with Crippen molar-refractivity contribution in [2.45, 2.75) is 19.1 Å². The Morgan fingerprint density at radius 3 is 3.38 bits per heavy atom. The molecule has 1 aromatic heterocycles. The molecule has 1 unspecified atom stereocenters. The van der Waals surface area contributed by atoms with Crippen molar-refractivity contribution in [2.75, 3.05) is 13.2 Å². The van der Waals surface area contributed by atoms with Gasteiger partial charge in [-0.25, -0.2) is 10.8 Å². The summed E-state index contributed by atoms with van der Waals surface area (Å²) in [5.41, 5.74) is 2.79. The average Bonchev–Trinajstić information content (AvgIpc) is 2.96. The summed E-state index contributed by atoms with van der Waals surface area (Å²) < 4.78 is 10.8. The van der Waals surface area contributed by atoms with E-state index in [0.717, 1.165) is 18.7 Å². The van der Waals surface area contributed by atoms with E-state index >= 15 is 0 Å². The summed E-state index contributed by atoms with van der Waals surface area (Å²) in [7, 11) is 0. The Kier molecular flexibility index (Phi) is 3.83. The quantitative estimate of drug-likeness (QED) is 0.443. The molecule has 0 aromatic carbocycles. The maximum atomic E-state index is 11.1. The molecule has 0 aliphatic carbocycles. The first-order valence-corrected chi connectivity index (χ1v) is 5.82. The number of nitrogens with zero attached hydrogens (tertiary/aromatic N) is 1. The van der Waals surface area contributed by atoms with Crippen molar-refractivity contribution < 1.29 is 14.3 Å². The number of amides is 1. The molecule has 0 bridgehead atoms. The Labute approximate surface area is 96.7 Å². The van der Waals surface area contributed by atoms with E-state index < -0.39 is 0 Å². The molecule has 2 rings (SSSR count). The summed E-state index contributed by atoms with van der Waals surface area (Å²) in [6.45, 7) is 1.80. The number of aromatic nitrogens is 1. The van der Waals surface area contributed by atoms with Gasteiger partial charge >= 0.3 is 0 Å². The van der Waals surface area contributed by atoms with Gasteiger partial charge in [-0.2, -0.15) is 0 Å². The van der Waals surface area contributed by atoms with Gasteiger partial charge in [0.1, 0.15) is 0 Å². The van der Waals surface area contributed by atoms with Gasteiger partial charge in [0.25, 0.3) is 5.91 Å². The predicted octanol–water partition coefficient (Wildman–Crippen LogP) is 0.0521. The number of hydrogen-bond donors (Lipinski definition) is 2. The molecule has 16 heavy (non-hydrogen) atoms. The smallest absolute Gasteiger partial charge is 0.294 e. The number of ether oxygens (including phenoxy) is 2. The van der Waals surface area contributed by atoms with E-state index in [0.29, 0.717) is 18.2 Å². The highest BCUT2D eigenvalue weighted by Crippen LogP contribution is 2.14. The molecule has 0 radical (unpaired) electrons. The molecule has 0 spiro atoms. The van der Waals surface area contributed by atoms with Crippen LogP contribution in [0.15, 0.2) is 5.38 Å². The number of hydrazine groups is 1. The minimum absolute atomic E-state index is 0.147. The zero-order valence-corrected chi connectivity index (χ0v) is 9.46. The summed E-state index contributed by atoms with van der Waals surface area (Å²) >= 11 is 1.25. The lowest BCUT2D eigenvalue weighted by Gasteiger charge is -2.07. The molecule has 1 fully saturated rings. The fraction of sp³-hybridized carbons (Fsp3) is 0.556. The second-order valence-electron chi connectivity index (χ2n) is 3.41. The number of nitrogen functional groups attached to an aromatic ring is 1. The van der Waals surface area contributed by atoms with E-state index in [9.17, 15) is 4.79 Å². The Morgan fingerprint density at radius 1 is 1.81 bits per heavy atom. The molecule has 7 heteroatoms. The van der Waals surface area contributed by atoms with Gasteiger partial charge in [0, 0.05) is 12.0 Å². The first-order valence-electron chi connectivity index (χ1n) is 4.94. The number of thiazole rings is 1. The number of nitrogens with one attached hydrogen (secondary N) is 1. The molecule has 0 saturated carbocycles. The maximum Gasteiger partial charge on any atom is 0.294 e. The number of nitrogens with two attached hydrogens (primary N) is 1. The SMILES string of the molecule is NNC(=O)c1nc(COC2CCOC2)cs1. The zero-order valence-electron chi connectivity index (χ0n) is 8.64. The minimum Gasteiger partial charge on any atom is -0.379 e. The number of hydrogen-bond acceptors (Lipinski definition) is 6. The van der Waals surface area contributed by atoms with E-state index in [-0.39, 0.29) is 12.0 Å². The summed E-state index contributed by atoms with van der Waals surface area (Å²) in [5.74, 6) is 4.63. The van der Waals surface area contributed by atoms with E-state index in [4.69, 9.17) is 15.3 Å². The van der Waals surface area contributed by atoms with Crippen LogP contribution in [-0.4, -0.2) is 30.2 Å². The second-order valence-corrected chi connectivity index (χ2v) is 4.27. The van der Waals surface area contributed by atoms with E-state index in [1.807, 2.05) is 5.43 Å². The molecule has 1 aliphatic rings. The van der Waals surface area contributed by atoms with Crippen molar-refractivity contribution >= 4 is 17.2 Å². The Balaban J connectivity index is 1.85. The molecule has 88 valence electrons. The standard InChI is InChI=1S/C9H13N3O3S/c10-12-8(13)9-11-6(5-16-9)3-15-7-1-2-14-4-7/h5,7H,1-4,10H2,(H,12,13). The molecular formula is C9H13N3O3S. The molecule has 1 atom stereocenters. The lowest BCUT2D eigenvalue weighted by atomic mass is 10.3. The summed E-state index contributed by atoms with van der Waals surface area (Å²) in [6.07, 6.45) is 1.06. The van der Waals surface area contributed by atoms with E-state index in [2.05, 4.69) is 4.98 Å². The van der Waals surface area contributed by atoms with Crippen LogP contribution in [-0.2, 0) is 16.1 Å². The summed E-state index contributed by atoms with van der Waals surface area (Å²) in [6, 6.07) is 0. The number of rotatable bonds is 4. The number of carbonyl (C=O) groups is 1. The van der Waals surface area contributed by atoms with Crippen LogP contribution in [0.5, 0.6) is 0 Å². The zero-order chi connectivity index (χ0) is 11.4. The first kappa shape index (κ1) is 11.5. The van der Waals surface area contributed by atoms with Crippen LogP contribution in [0, 0.1) is 0 Å². The summed E-state index contributed by atoms with van der Waals surface area (Å²) in [5, 5.41) is 2.14. The van der Waals surface area contributed by atoms with Crippen LogP contribution in [0.4, 0.5) is 0 Å². The minimum atomic E-state index is -0.375. The number of carbonyl (C=O) groups excluding carboxylic acids is 1. The highest BCUT2D eigenvalue weighted by atomic mass is 32.1. The van der Waals surface area contributed by atoms with E-state index in [1.165, 1.54) is 11.3 Å².